The summed E-state index contributed by atoms with van der Waals surface area (Å²) in [5, 5.41) is 1.35. The lowest BCUT2D eigenvalue weighted by molar-refractivity contribution is 0.828. The fraction of sp³-hybridized carbons (Fsp3) is 0.467. The molecule has 0 unspecified atom stereocenters. The molecule has 0 radical (unpaired) electrons. The van der Waals surface area contributed by atoms with Crippen LogP contribution in [0.2, 0.25) is 0 Å². The van der Waals surface area contributed by atoms with Crippen LogP contribution in [-0.2, 0) is 0 Å². The van der Waals surface area contributed by atoms with Crippen molar-refractivity contribution in [3.05, 3.63) is 35.5 Å². The van der Waals surface area contributed by atoms with E-state index in [4.69, 9.17) is 0 Å². The quantitative estimate of drug-likeness (QED) is 0.673. The van der Waals surface area contributed by atoms with E-state index in [2.05, 4.69) is 50.0 Å². The molecular formula is C15H25N. The van der Waals surface area contributed by atoms with E-state index in [1.165, 1.54) is 22.2 Å². The molecule has 0 amide bonds. The van der Waals surface area contributed by atoms with Gasteiger partial charge in [0.1, 0.15) is 0 Å². The van der Waals surface area contributed by atoms with Crippen LogP contribution in [0.3, 0.4) is 0 Å². The Morgan fingerprint density at radius 1 is 1.06 bits per heavy atom. The average Bonchev–Trinajstić information content (AvgIpc) is 2.60. The van der Waals surface area contributed by atoms with E-state index in [0.29, 0.717) is 5.92 Å². The van der Waals surface area contributed by atoms with Crippen molar-refractivity contribution in [3.63, 3.8) is 0 Å². The number of aromatic amines is 1. The molecule has 0 saturated heterocycles. The zero-order valence-corrected chi connectivity index (χ0v) is 10.4. The molecule has 0 fully saturated rings. The van der Waals surface area contributed by atoms with Crippen LogP contribution in [0.5, 0.6) is 0 Å². The molecule has 1 nitrogen and oxygen atoms in total. The van der Waals surface area contributed by atoms with Crippen LogP contribution in [0.25, 0.3) is 10.9 Å². The fourth-order valence-corrected chi connectivity index (χ4v) is 1.88. The second-order valence-corrected chi connectivity index (χ2v) is 3.86. The number of hydrogen-bond acceptors (Lipinski definition) is 0. The summed E-state index contributed by atoms with van der Waals surface area (Å²) < 4.78 is 0. The second-order valence-electron chi connectivity index (χ2n) is 3.86. The minimum atomic E-state index is 0. The first kappa shape index (κ1) is 14.8. The van der Waals surface area contributed by atoms with Crippen LogP contribution >= 0.6 is 0 Å². The summed E-state index contributed by atoms with van der Waals surface area (Å²) in [6.45, 7) is 10.6. The van der Waals surface area contributed by atoms with Gasteiger partial charge in [0.2, 0.25) is 0 Å². The SMILES string of the molecule is C.CC.Cc1c(C(C)C)[nH]c2ccccc12. The molecule has 0 aliphatic rings. The molecular weight excluding hydrogens is 194 g/mol. The lowest BCUT2D eigenvalue weighted by Gasteiger charge is -2.02. The monoisotopic (exact) mass is 219 g/mol. The first-order chi connectivity index (χ1) is 7.20. The summed E-state index contributed by atoms with van der Waals surface area (Å²) in [4.78, 5) is 3.46. The van der Waals surface area contributed by atoms with Gasteiger partial charge in [-0.05, 0) is 24.5 Å². The topological polar surface area (TPSA) is 15.8 Å². The summed E-state index contributed by atoms with van der Waals surface area (Å²) in [5.74, 6) is 0.576. The molecule has 2 rings (SSSR count). The minimum absolute atomic E-state index is 0. The summed E-state index contributed by atoms with van der Waals surface area (Å²) in [7, 11) is 0. The van der Waals surface area contributed by atoms with Crippen molar-refractivity contribution >= 4 is 10.9 Å². The smallest absolute Gasteiger partial charge is 0.0458 e. The molecule has 90 valence electrons. The Bertz CT molecular complexity index is 424. The van der Waals surface area contributed by atoms with Crippen LogP contribution in [-0.4, -0.2) is 4.98 Å². The van der Waals surface area contributed by atoms with E-state index in [0.717, 1.165) is 0 Å². The number of benzene rings is 1. The van der Waals surface area contributed by atoms with E-state index < -0.39 is 0 Å². The standard InChI is InChI=1S/C12H15N.C2H6.CH4/c1-8(2)12-9(3)10-6-4-5-7-11(10)13-12;1-2;/h4-8,13H,1-3H3;1-2H3;1H4. The Balaban J connectivity index is 0.000000711. The maximum absolute atomic E-state index is 3.46. The average molecular weight is 219 g/mol. The summed E-state index contributed by atoms with van der Waals surface area (Å²) >= 11 is 0. The summed E-state index contributed by atoms with van der Waals surface area (Å²) in [6, 6.07) is 8.47. The van der Waals surface area contributed by atoms with Gasteiger partial charge in [0.05, 0.1) is 0 Å². The van der Waals surface area contributed by atoms with Gasteiger partial charge in [-0.3, -0.25) is 0 Å². The molecule has 1 heterocycles. The van der Waals surface area contributed by atoms with Crippen molar-refractivity contribution in [2.75, 3.05) is 0 Å². The number of para-hydroxylation sites is 1. The van der Waals surface area contributed by atoms with Gasteiger partial charge in [-0.15, -0.1) is 0 Å². The van der Waals surface area contributed by atoms with Crippen molar-refractivity contribution < 1.29 is 0 Å². The molecule has 0 bridgehead atoms. The molecule has 16 heavy (non-hydrogen) atoms. The van der Waals surface area contributed by atoms with E-state index in [-0.39, 0.29) is 7.43 Å². The third-order valence-corrected chi connectivity index (χ3v) is 2.58. The Hall–Kier alpha value is -1.24. The van der Waals surface area contributed by atoms with Gasteiger partial charge in [-0.1, -0.05) is 53.3 Å². The third-order valence-electron chi connectivity index (χ3n) is 2.58. The lowest BCUT2D eigenvalue weighted by atomic mass is 10.1. The van der Waals surface area contributed by atoms with Crippen LogP contribution in [0, 0.1) is 6.92 Å². The molecule has 1 heteroatoms. The van der Waals surface area contributed by atoms with Gasteiger partial charge in [-0.25, -0.2) is 0 Å². The fourth-order valence-electron chi connectivity index (χ4n) is 1.88. The van der Waals surface area contributed by atoms with Gasteiger partial charge in [0.15, 0.2) is 0 Å². The van der Waals surface area contributed by atoms with Crippen molar-refractivity contribution in [1.29, 1.82) is 0 Å². The van der Waals surface area contributed by atoms with E-state index in [9.17, 15) is 0 Å². The molecule has 0 aliphatic heterocycles. The number of H-pyrrole nitrogens is 1. The maximum atomic E-state index is 3.46. The number of aryl methyl sites for hydroxylation is 1. The lowest BCUT2D eigenvalue weighted by Crippen LogP contribution is -1.88. The molecule has 0 aliphatic carbocycles. The van der Waals surface area contributed by atoms with Crippen LogP contribution in [0.15, 0.2) is 24.3 Å². The van der Waals surface area contributed by atoms with E-state index >= 15 is 0 Å². The molecule has 1 aromatic carbocycles. The highest BCUT2D eigenvalue weighted by Crippen LogP contribution is 2.26. The second kappa shape index (κ2) is 6.37. The first-order valence-electron chi connectivity index (χ1n) is 5.77. The largest absolute Gasteiger partial charge is 0.358 e. The van der Waals surface area contributed by atoms with Crippen molar-refractivity contribution in [2.24, 2.45) is 0 Å². The number of fused-ring (bicyclic) bond motifs is 1. The molecule has 1 aromatic heterocycles. The van der Waals surface area contributed by atoms with E-state index in [1.54, 1.807) is 0 Å². The Morgan fingerprint density at radius 2 is 1.62 bits per heavy atom. The van der Waals surface area contributed by atoms with E-state index in [1.807, 2.05) is 13.8 Å². The Kier molecular flexibility index (Phi) is 5.87. The molecule has 1 N–H and O–H groups in total. The maximum Gasteiger partial charge on any atom is 0.0458 e. The summed E-state index contributed by atoms with van der Waals surface area (Å²) in [5.41, 5.74) is 4.01. The van der Waals surface area contributed by atoms with Crippen molar-refractivity contribution in [2.45, 2.75) is 48.0 Å². The normalized spacial score (nSPS) is 9.62. The minimum Gasteiger partial charge on any atom is -0.358 e. The molecule has 0 saturated carbocycles. The van der Waals surface area contributed by atoms with Crippen LogP contribution in [0.1, 0.15) is 52.3 Å². The number of nitrogens with one attached hydrogen (secondary N) is 1. The molecule has 0 spiro atoms. The van der Waals surface area contributed by atoms with Gasteiger partial charge in [-0.2, -0.15) is 0 Å². The number of rotatable bonds is 1. The van der Waals surface area contributed by atoms with Gasteiger partial charge >= 0.3 is 0 Å². The van der Waals surface area contributed by atoms with Crippen molar-refractivity contribution in [3.8, 4) is 0 Å². The predicted molar refractivity (Wildman–Crippen MR) is 75.2 cm³/mol. The Morgan fingerprint density at radius 3 is 2.12 bits per heavy atom. The molecule has 0 atom stereocenters. The molecule has 2 aromatic rings. The highest BCUT2D eigenvalue weighted by Gasteiger charge is 2.08. The highest BCUT2D eigenvalue weighted by molar-refractivity contribution is 5.84. The van der Waals surface area contributed by atoms with Gasteiger partial charge in [0, 0.05) is 16.6 Å². The van der Waals surface area contributed by atoms with Gasteiger partial charge < -0.3 is 4.98 Å². The Labute approximate surface area is 99.9 Å². The van der Waals surface area contributed by atoms with Crippen LogP contribution in [0.4, 0.5) is 0 Å². The first-order valence-corrected chi connectivity index (χ1v) is 5.77. The number of hydrogen-bond donors (Lipinski definition) is 1. The third kappa shape index (κ3) is 2.66. The van der Waals surface area contributed by atoms with Gasteiger partial charge in [0.25, 0.3) is 0 Å². The summed E-state index contributed by atoms with van der Waals surface area (Å²) in [6.07, 6.45) is 0. The zero-order valence-electron chi connectivity index (χ0n) is 10.4. The zero-order chi connectivity index (χ0) is 11.4. The number of aromatic nitrogens is 1. The predicted octanol–water partition coefficient (Wildman–Crippen LogP) is 5.26. The highest BCUT2D eigenvalue weighted by atomic mass is 14.7. The van der Waals surface area contributed by atoms with Crippen LogP contribution < -0.4 is 0 Å². The van der Waals surface area contributed by atoms with Crippen molar-refractivity contribution in [1.82, 2.24) is 4.98 Å².